The lowest BCUT2D eigenvalue weighted by Crippen LogP contribution is -2.49. The highest BCUT2D eigenvalue weighted by Crippen LogP contribution is 2.37. The fraction of sp³-hybridized carbons (Fsp3) is 0.368. The van der Waals surface area contributed by atoms with Crippen LogP contribution in [0.15, 0.2) is 36.4 Å². The molecule has 2 aromatic carbocycles. The zero-order valence-electron chi connectivity index (χ0n) is 13.7. The molecule has 0 aliphatic carbocycles. The molecule has 2 aliphatic rings. The fourth-order valence-electron chi connectivity index (χ4n) is 3.56. The van der Waals surface area contributed by atoms with Gasteiger partial charge in [-0.1, -0.05) is 31.2 Å². The largest absolute Gasteiger partial charge is 0.375 e. The van der Waals surface area contributed by atoms with Crippen LogP contribution in [0.25, 0.3) is 10.8 Å². The zero-order valence-corrected chi connectivity index (χ0v) is 13.7. The molecular formula is C19H20N2O3. The monoisotopic (exact) mass is 324 g/mol. The minimum absolute atomic E-state index is 0.0186. The number of carbonyl (C=O) groups excluding carboxylic acids is 2. The van der Waals surface area contributed by atoms with Crippen LogP contribution < -0.4 is 4.90 Å². The van der Waals surface area contributed by atoms with Crippen LogP contribution in [0.3, 0.4) is 0 Å². The van der Waals surface area contributed by atoms with Crippen LogP contribution in [0.2, 0.25) is 0 Å². The highest BCUT2D eigenvalue weighted by Gasteiger charge is 2.33. The standard InChI is InChI=1S/C19H20N2O3/c1-2-14-11-20(9-10-24-14)17(22)12-21-16-8-4-6-13-5-3-7-15(18(13)16)19(21)23/h3-8,14H,2,9-12H2,1H3/t14-/m0/s1. The maximum absolute atomic E-state index is 12.7. The molecule has 24 heavy (non-hydrogen) atoms. The summed E-state index contributed by atoms with van der Waals surface area (Å²) in [6.07, 6.45) is 0.981. The van der Waals surface area contributed by atoms with Crippen molar-refractivity contribution in [1.82, 2.24) is 4.90 Å². The van der Waals surface area contributed by atoms with Crippen LogP contribution in [0.1, 0.15) is 23.7 Å². The van der Waals surface area contributed by atoms with Crippen molar-refractivity contribution in [1.29, 1.82) is 0 Å². The van der Waals surface area contributed by atoms with Crippen molar-refractivity contribution < 1.29 is 14.3 Å². The van der Waals surface area contributed by atoms with Crippen LogP contribution >= 0.6 is 0 Å². The van der Waals surface area contributed by atoms with Gasteiger partial charge in [0.2, 0.25) is 5.91 Å². The Morgan fingerprint density at radius 3 is 2.83 bits per heavy atom. The lowest BCUT2D eigenvalue weighted by atomic mass is 10.1. The van der Waals surface area contributed by atoms with E-state index in [1.54, 1.807) is 4.90 Å². The van der Waals surface area contributed by atoms with E-state index in [9.17, 15) is 9.59 Å². The summed E-state index contributed by atoms with van der Waals surface area (Å²) in [5.41, 5.74) is 1.52. The van der Waals surface area contributed by atoms with E-state index in [4.69, 9.17) is 4.74 Å². The second-order valence-corrected chi connectivity index (χ2v) is 6.31. The maximum Gasteiger partial charge on any atom is 0.259 e. The number of morpholine rings is 1. The minimum atomic E-state index is -0.0875. The first-order valence-corrected chi connectivity index (χ1v) is 8.42. The van der Waals surface area contributed by atoms with Gasteiger partial charge in [0.05, 0.1) is 18.4 Å². The number of hydrogen-bond acceptors (Lipinski definition) is 3. The Kier molecular flexibility index (Phi) is 3.73. The maximum atomic E-state index is 12.7. The molecule has 5 heteroatoms. The quantitative estimate of drug-likeness (QED) is 0.871. The van der Waals surface area contributed by atoms with Crippen LogP contribution in [0.4, 0.5) is 5.69 Å². The molecule has 1 saturated heterocycles. The lowest BCUT2D eigenvalue weighted by molar-refractivity contribution is -0.137. The zero-order chi connectivity index (χ0) is 16.7. The first-order chi connectivity index (χ1) is 11.7. The fourth-order valence-corrected chi connectivity index (χ4v) is 3.56. The molecule has 1 fully saturated rings. The summed E-state index contributed by atoms with van der Waals surface area (Å²) in [4.78, 5) is 28.9. The summed E-state index contributed by atoms with van der Waals surface area (Å²) in [6, 6.07) is 11.6. The van der Waals surface area contributed by atoms with E-state index in [0.29, 0.717) is 25.3 Å². The molecule has 0 spiro atoms. The summed E-state index contributed by atoms with van der Waals surface area (Å²) in [5.74, 6) is -0.106. The van der Waals surface area contributed by atoms with Crippen LogP contribution in [-0.4, -0.2) is 49.1 Å². The molecule has 2 aromatic rings. The molecule has 2 amide bonds. The average molecular weight is 324 g/mol. The Balaban J connectivity index is 1.59. The molecule has 0 bridgehead atoms. The van der Waals surface area contributed by atoms with Gasteiger partial charge in [0.1, 0.15) is 6.54 Å². The number of anilines is 1. The van der Waals surface area contributed by atoms with Crippen molar-refractivity contribution in [3.8, 4) is 0 Å². The van der Waals surface area contributed by atoms with Gasteiger partial charge in [0, 0.05) is 24.0 Å². The number of ether oxygens (including phenoxy) is 1. The van der Waals surface area contributed by atoms with E-state index in [2.05, 4.69) is 6.92 Å². The molecule has 0 N–H and O–H groups in total. The number of benzene rings is 2. The number of amides is 2. The van der Waals surface area contributed by atoms with E-state index in [-0.39, 0.29) is 24.5 Å². The van der Waals surface area contributed by atoms with Crippen molar-refractivity contribution in [2.75, 3.05) is 31.1 Å². The van der Waals surface area contributed by atoms with Gasteiger partial charge in [0.25, 0.3) is 5.91 Å². The van der Waals surface area contributed by atoms with Crippen molar-refractivity contribution in [2.24, 2.45) is 0 Å². The highest BCUT2D eigenvalue weighted by molar-refractivity contribution is 6.26. The third kappa shape index (κ3) is 2.36. The number of hydrogen-bond donors (Lipinski definition) is 0. The Morgan fingerprint density at radius 2 is 2.04 bits per heavy atom. The second kappa shape index (κ2) is 5.91. The average Bonchev–Trinajstić information content (AvgIpc) is 2.90. The molecule has 1 atom stereocenters. The van der Waals surface area contributed by atoms with E-state index >= 15 is 0 Å². The molecule has 2 aliphatic heterocycles. The van der Waals surface area contributed by atoms with Gasteiger partial charge in [-0.2, -0.15) is 0 Å². The van der Waals surface area contributed by atoms with Crippen molar-refractivity contribution in [2.45, 2.75) is 19.4 Å². The van der Waals surface area contributed by atoms with Gasteiger partial charge in [-0.15, -0.1) is 0 Å². The van der Waals surface area contributed by atoms with Gasteiger partial charge in [-0.3, -0.25) is 14.5 Å². The Hall–Kier alpha value is -2.40. The molecule has 5 nitrogen and oxygen atoms in total. The third-order valence-corrected chi connectivity index (χ3v) is 4.89. The SMILES string of the molecule is CC[C@H]1CN(C(=O)CN2C(=O)c3cccc4cccc2c34)CCO1. The van der Waals surface area contributed by atoms with Gasteiger partial charge in [-0.25, -0.2) is 0 Å². The topological polar surface area (TPSA) is 49.9 Å². The molecule has 0 saturated carbocycles. The lowest BCUT2D eigenvalue weighted by Gasteiger charge is -2.33. The summed E-state index contributed by atoms with van der Waals surface area (Å²) in [6.45, 7) is 3.90. The summed E-state index contributed by atoms with van der Waals surface area (Å²) < 4.78 is 5.62. The van der Waals surface area contributed by atoms with Gasteiger partial charge < -0.3 is 9.64 Å². The molecule has 124 valence electrons. The summed E-state index contributed by atoms with van der Waals surface area (Å²) >= 11 is 0. The number of carbonyl (C=O) groups is 2. The molecule has 0 radical (unpaired) electrons. The first kappa shape index (κ1) is 15.1. The van der Waals surface area contributed by atoms with Gasteiger partial charge in [-0.05, 0) is 23.9 Å². The van der Waals surface area contributed by atoms with Gasteiger partial charge in [0.15, 0.2) is 0 Å². The Labute approximate surface area is 140 Å². The van der Waals surface area contributed by atoms with Crippen LogP contribution in [0.5, 0.6) is 0 Å². The van der Waals surface area contributed by atoms with Crippen molar-refractivity contribution in [3.05, 3.63) is 42.0 Å². The Bertz CT molecular complexity index is 812. The minimum Gasteiger partial charge on any atom is -0.375 e. The predicted octanol–water partition coefficient (Wildman–Crippen LogP) is 2.44. The first-order valence-electron chi connectivity index (χ1n) is 8.42. The molecule has 0 aromatic heterocycles. The van der Waals surface area contributed by atoms with E-state index in [0.717, 1.165) is 22.9 Å². The smallest absolute Gasteiger partial charge is 0.259 e. The van der Waals surface area contributed by atoms with Crippen molar-refractivity contribution in [3.63, 3.8) is 0 Å². The van der Waals surface area contributed by atoms with Crippen LogP contribution in [0, 0.1) is 0 Å². The van der Waals surface area contributed by atoms with Crippen LogP contribution in [-0.2, 0) is 9.53 Å². The normalized spacial score (nSPS) is 20.0. The Morgan fingerprint density at radius 1 is 1.25 bits per heavy atom. The summed E-state index contributed by atoms with van der Waals surface area (Å²) in [7, 11) is 0. The highest BCUT2D eigenvalue weighted by atomic mass is 16.5. The third-order valence-electron chi connectivity index (χ3n) is 4.89. The van der Waals surface area contributed by atoms with Gasteiger partial charge >= 0.3 is 0 Å². The molecule has 4 rings (SSSR count). The number of nitrogens with zero attached hydrogens (tertiary/aromatic N) is 2. The molecule has 2 heterocycles. The van der Waals surface area contributed by atoms with Crippen molar-refractivity contribution >= 4 is 28.3 Å². The molecule has 0 unspecified atom stereocenters. The molecular weight excluding hydrogens is 304 g/mol. The number of rotatable bonds is 3. The summed E-state index contributed by atoms with van der Waals surface area (Å²) in [5, 5.41) is 1.98. The predicted molar refractivity (Wildman–Crippen MR) is 92.2 cm³/mol. The second-order valence-electron chi connectivity index (χ2n) is 6.31. The van der Waals surface area contributed by atoms with E-state index in [1.165, 1.54) is 0 Å². The van der Waals surface area contributed by atoms with E-state index < -0.39 is 0 Å². The van der Waals surface area contributed by atoms with E-state index in [1.807, 2.05) is 41.3 Å².